The van der Waals surface area contributed by atoms with Gasteiger partial charge in [-0.25, -0.2) is 14.4 Å². The second-order valence-corrected chi connectivity index (χ2v) is 11.3. The van der Waals surface area contributed by atoms with E-state index in [9.17, 15) is 24.0 Å². The number of nitrogens with one attached hydrogen (secondary N) is 3. The lowest BCUT2D eigenvalue weighted by molar-refractivity contribution is -0.156. The van der Waals surface area contributed by atoms with E-state index >= 15 is 0 Å². The number of rotatable bonds is 13. The van der Waals surface area contributed by atoms with Crippen LogP contribution in [0.4, 0.5) is 10.5 Å². The standard InChI is InChI=1S/C35H40N4O10/c1-4-45-35(44)38-32(36)26-12-14-27(49-34(43)28-11-8-20-46-28)25(31(26)37-33(42)23-9-6-5-7-10-23)13-15-29(40)39-18-16-24(17-19-39)47-21-30(41)48-22(2)3/h5-12,14,20,22,24H,4,13,15-19,21H2,1-3H3,(H,37,42)(H2,36,38,44). The Bertz CT molecular complexity index is 1630. The summed E-state index contributed by atoms with van der Waals surface area (Å²) < 4.78 is 26.6. The van der Waals surface area contributed by atoms with Gasteiger partial charge in [0.15, 0.2) is 0 Å². The van der Waals surface area contributed by atoms with Gasteiger partial charge in [-0.15, -0.1) is 0 Å². The number of ether oxygens (including phenoxy) is 4. The fraction of sp³-hybridized carbons (Fsp3) is 0.371. The van der Waals surface area contributed by atoms with Gasteiger partial charge in [-0.1, -0.05) is 18.2 Å². The number of carbonyl (C=O) groups is 5. The molecule has 0 atom stereocenters. The summed E-state index contributed by atoms with van der Waals surface area (Å²) in [6, 6.07) is 14.1. The summed E-state index contributed by atoms with van der Waals surface area (Å²) in [5.74, 6) is -2.44. The van der Waals surface area contributed by atoms with Gasteiger partial charge < -0.3 is 33.6 Å². The van der Waals surface area contributed by atoms with Crippen LogP contribution in [-0.2, 0) is 30.2 Å². The van der Waals surface area contributed by atoms with Crippen LogP contribution in [0, 0.1) is 5.41 Å². The van der Waals surface area contributed by atoms with Gasteiger partial charge in [0.05, 0.1) is 30.8 Å². The third-order valence-electron chi connectivity index (χ3n) is 7.43. The molecule has 4 rings (SSSR count). The molecule has 49 heavy (non-hydrogen) atoms. The normalized spacial score (nSPS) is 13.0. The van der Waals surface area contributed by atoms with Gasteiger partial charge in [0.25, 0.3) is 5.91 Å². The number of furan rings is 1. The van der Waals surface area contributed by atoms with Gasteiger partial charge in [0.1, 0.15) is 18.2 Å². The number of carbonyl (C=O) groups excluding carboxylic acids is 5. The summed E-state index contributed by atoms with van der Waals surface area (Å²) >= 11 is 0. The fourth-order valence-electron chi connectivity index (χ4n) is 5.13. The summed E-state index contributed by atoms with van der Waals surface area (Å²) in [5, 5.41) is 13.8. The molecule has 260 valence electrons. The molecule has 14 nitrogen and oxygen atoms in total. The minimum Gasteiger partial charge on any atom is -0.461 e. The molecule has 1 saturated heterocycles. The monoisotopic (exact) mass is 676 g/mol. The summed E-state index contributed by atoms with van der Waals surface area (Å²) in [5.41, 5.74) is 0.702. The average Bonchev–Trinajstić information content (AvgIpc) is 3.63. The minimum absolute atomic E-state index is 0.0119. The van der Waals surface area contributed by atoms with Crippen molar-refractivity contribution in [3.8, 4) is 5.75 Å². The third kappa shape index (κ3) is 10.5. The first-order valence-corrected chi connectivity index (χ1v) is 15.9. The third-order valence-corrected chi connectivity index (χ3v) is 7.43. The molecule has 0 bridgehead atoms. The number of benzene rings is 2. The molecule has 0 unspecified atom stereocenters. The maximum atomic E-state index is 13.5. The van der Waals surface area contributed by atoms with Gasteiger partial charge >= 0.3 is 18.0 Å². The summed E-state index contributed by atoms with van der Waals surface area (Å²) in [4.78, 5) is 65.6. The summed E-state index contributed by atoms with van der Waals surface area (Å²) in [6.07, 6.45) is 0.994. The van der Waals surface area contributed by atoms with E-state index in [0.717, 1.165) is 0 Å². The molecule has 2 aromatic carbocycles. The quantitative estimate of drug-likeness (QED) is 0.0990. The van der Waals surface area contributed by atoms with Gasteiger partial charge in [0, 0.05) is 36.2 Å². The van der Waals surface area contributed by atoms with Crippen LogP contribution in [0.1, 0.15) is 72.1 Å². The van der Waals surface area contributed by atoms with Crippen LogP contribution in [-0.4, -0.2) is 79.1 Å². The molecule has 1 aliphatic rings. The van der Waals surface area contributed by atoms with E-state index in [4.69, 9.17) is 28.8 Å². The fourth-order valence-corrected chi connectivity index (χ4v) is 5.13. The van der Waals surface area contributed by atoms with Gasteiger partial charge in [-0.05, 0) is 76.4 Å². The maximum absolute atomic E-state index is 13.5. The zero-order chi connectivity index (χ0) is 35.3. The van der Waals surface area contributed by atoms with Gasteiger partial charge in [-0.3, -0.25) is 20.3 Å². The highest BCUT2D eigenvalue weighted by Crippen LogP contribution is 2.33. The van der Waals surface area contributed by atoms with Crippen LogP contribution in [0.3, 0.4) is 0 Å². The van der Waals surface area contributed by atoms with Crippen LogP contribution in [0.2, 0.25) is 0 Å². The lowest BCUT2D eigenvalue weighted by Gasteiger charge is -2.32. The number of nitrogens with zero attached hydrogens (tertiary/aromatic N) is 1. The number of hydrogen-bond donors (Lipinski definition) is 3. The van der Waals surface area contributed by atoms with E-state index < -0.39 is 29.8 Å². The zero-order valence-electron chi connectivity index (χ0n) is 27.6. The molecule has 0 radical (unpaired) electrons. The second kappa shape index (κ2) is 17.6. The largest absolute Gasteiger partial charge is 0.461 e. The van der Waals surface area contributed by atoms with Crippen molar-refractivity contribution in [2.75, 3.05) is 31.6 Å². The lowest BCUT2D eigenvalue weighted by atomic mass is 9.99. The molecule has 1 aliphatic heterocycles. The molecule has 0 saturated carbocycles. The van der Waals surface area contributed by atoms with Crippen molar-refractivity contribution >= 4 is 41.4 Å². The van der Waals surface area contributed by atoms with E-state index in [1.807, 2.05) is 0 Å². The van der Waals surface area contributed by atoms with E-state index in [-0.39, 0.29) is 72.5 Å². The maximum Gasteiger partial charge on any atom is 0.412 e. The number of esters is 2. The Kier molecular flexibility index (Phi) is 13.0. The Morgan fingerprint density at radius 1 is 1.00 bits per heavy atom. The Balaban J connectivity index is 1.59. The first-order chi connectivity index (χ1) is 23.5. The highest BCUT2D eigenvalue weighted by atomic mass is 16.6. The molecule has 0 aliphatic carbocycles. The highest BCUT2D eigenvalue weighted by molar-refractivity contribution is 6.13. The highest BCUT2D eigenvalue weighted by Gasteiger charge is 2.27. The number of amides is 3. The number of amidine groups is 1. The molecule has 1 fully saturated rings. The Hall–Kier alpha value is -5.50. The van der Waals surface area contributed by atoms with Crippen molar-refractivity contribution in [2.24, 2.45) is 0 Å². The van der Waals surface area contributed by atoms with Crippen molar-refractivity contribution in [1.82, 2.24) is 10.2 Å². The Labute approximate surface area is 283 Å². The predicted molar refractivity (Wildman–Crippen MR) is 177 cm³/mol. The number of piperidine rings is 1. The van der Waals surface area contributed by atoms with Crippen molar-refractivity contribution in [3.05, 3.63) is 83.3 Å². The smallest absolute Gasteiger partial charge is 0.412 e. The SMILES string of the molecule is CCOC(=O)NC(=N)c1ccc(OC(=O)c2ccco2)c(CCC(=O)N2CCC(OCC(=O)OC(C)C)CC2)c1NC(=O)c1ccccc1. The second-order valence-electron chi connectivity index (χ2n) is 11.3. The first-order valence-electron chi connectivity index (χ1n) is 15.9. The van der Waals surface area contributed by atoms with Gasteiger partial charge in [0.2, 0.25) is 11.7 Å². The molecule has 3 N–H and O–H groups in total. The summed E-state index contributed by atoms with van der Waals surface area (Å²) in [7, 11) is 0. The average molecular weight is 677 g/mol. The molecule has 14 heteroatoms. The predicted octanol–water partition coefficient (Wildman–Crippen LogP) is 4.71. The zero-order valence-corrected chi connectivity index (χ0v) is 27.6. The Morgan fingerprint density at radius 3 is 2.39 bits per heavy atom. The number of alkyl carbamates (subject to hydrolysis) is 1. The summed E-state index contributed by atoms with van der Waals surface area (Å²) in [6.45, 7) is 5.84. The van der Waals surface area contributed by atoms with Crippen molar-refractivity contribution in [1.29, 1.82) is 5.41 Å². The molecule has 1 aromatic heterocycles. The van der Waals surface area contributed by atoms with Crippen LogP contribution >= 0.6 is 0 Å². The van der Waals surface area contributed by atoms with E-state index in [0.29, 0.717) is 31.5 Å². The van der Waals surface area contributed by atoms with Crippen LogP contribution in [0.5, 0.6) is 5.75 Å². The molecule has 3 amide bonds. The lowest BCUT2D eigenvalue weighted by Crippen LogP contribution is -2.41. The van der Waals surface area contributed by atoms with E-state index in [2.05, 4.69) is 10.6 Å². The van der Waals surface area contributed by atoms with Gasteiger partial charge in [-0.2, -0.15) is 0 Å². The van der Waals surface area contributed by atoms with E-state index in [1.165, 1.54) is 30.5 Å². The first kappa shape index (κ1) is 36.3. The van der Waals surface area contributed by atoms with Crippen molar-refractivity contribution < 1.29 is 47.3 Å². The van der Waals surface area contributed by atoms with Crippen molar-refractivity contribution in [3.63, 3.8) is 0 Å². The topological polar surface area (TPSA) is 187 Å². The van der Waals surface area contributed by atoms with Crippen LogP contribution < -0.4 is 15.4 Å². The number of likely N-dealkylation sites (tertiary alicyclic amines) is 1. The molecular formula is C35H40N4O10. The molecule has 2 heterocycles. The molecular weight excluding hydrogens is 636 g/mol. The van der Waals surface area contributed by atoms with Crippen LogP contribution in [0.15, 0.2) is 65.3 Å². The van der Waals surface area contributed by atoms with Crippen LogP contribution in [0.25, 0.3) is 0 Å². The number of hydrogen-bond acceptors (Lipinski definition) is 11. The van der Waals surface area contributed by atoms with E-state index in [1.54, 1.807) is 56.0 Å². The number of anilines is 1. The van der Waals surface area contributed by atoms with Crippen molar-refractivity contribution in [2.45, 2.75) is 58.7 Å². The molecule has 0 spiro atoms. The minimum atomic E-state index is -0.873. The Morgan fingerprint density at radius 2 is 1.73 bits per heavy atom. The molecule has 3 aromatic rings.